The molecule has 0 amide bonds. The molecule has 0 aromatic heterocycles. The molecule has 4 heteroatoms. The van der Waals surface area contributed by atoms with Gasteiger partial charge in [-0.05, 0) is 25.5 Å². The first kappa shape index (κ1) is 13.9. The van der Waals surface area contributed by atoms with Gasteiger partial charge in [0.05, 0.1) is 0 Å². The lowest BCUT2D eigenvalue weighted by Gasteiger charge is -2.10. The van der Waals surface area contributed by atoms with Gasteiger partial charge in [-0.1, -0.05) is 30.3 Å². The first-order valence-corrected chi connectivity index (χ1v) is 4.68. The van der Waals surface area contributed by atoms with Crippen LogP contribution in [-0.2, 0) is 11.2 Å². The van der Waals surface area contributed by atoms with E-state index in [1.807, 2.05) is 30.3 Å². The van der Waals surface area contributed by atoms with Gasteiger partial charge in [0.1, 0.15) is 6.04 Å². The molecule has 0 bridgehead atoms. The van der Waals surface area contributed by atoms with E-state index >= 15 is 0 Å². The summed E-state index contributed by atoms with van der Waals surface area (Å²) < 4.78 is 0. The second kappa shape index (κ2) is 7.26. The minimum atomic E-state index is -0.788. The lowest BCUT2D eigenvalue weighted by molar-refractivity contribution is -0.139. The molecule has 15 heavy (non-hydrogen) atoms. The molecule has 0 saturated heterocycles. The van der Waals surface area contributed by atoms with Gasteiger partial charge in [-0.15, -0.1) is 12.4 Å². The van der Waals surface area contributed by atoms with E-state index in [0.29, 0.717) is 6.42 Å². The number of aliphatic carboxylic acids is 1. The summed E-state index contributed by atoms with van der Waals surface area (Å²) in [5, 5.41) is 11.6. The highest BCUT2D eigenvalue weighted by atomic mass is 35.5. The molecule has 1 aromatic carbocycles. The zero-order valence-corrected chi connectivity index (χ0v) is 9.46. The zero-order valence-electron chi connectivity index (χ0n) is 8.64. The Morgan fingerprint density at radius 2 is 2.00 bits per heavy atom. The van der Waals surface area contributed by atoms with E-state index in [4.69, 9.17) is 5.11 Å². The van der Waals surface area contributed by atoms with E-state index in [2.05, 4.69) is 5.32 Å². The molecule has 0 heterocycles. The average Bonchev–Trinajstić information content (AvgIpc) is 2.20. The van der Waals surface area contributed by atoms with Crippen molar-refractivity contribution in [1.82, 2.24) is 5.32 Å². The van der Waals surface area contributed by atoms with Crippen LogP contribution in [0.2, 0.25) is 0 Å². The minimum absolute atomic E-state index is 0. The molecule has 0 aliphatic carbocycles. The SMILES string of the molecule is CN[C@@H](CCc1ccccc1)C(=O)O.Cl. The Morgan fingerprint density at radius 3 is 2.47 bits per heavy atom. The molecule has 0 radical (unpaired) electrons. The number of carboxylic acid groups (broad SMARTS) is 1. The molecule has 0 aliphatic heterocycles. The molecular formula is C11H16ClNO2. The fraction of sp³-hybridized carbons (Fsp3) is 0.364. The van der Waals surface area contributed by atoms with Crippen LogP contribution in [0, 0.1) is 0 Å². The van der Waals surface area contributed by atoms with Crippen molar-refractivity contribution in [2.45, 2.75) is 18.9 Å². The normalized spacial score (nSPS) is 11.5. The number of carbonyl (C=O) groups is 1. The maximum atomic E-state index is 10.7. The van der Waals surface area contributed by atoms with Crippen molar-refractivity contribution in [3.05, 3.63) is 35.9 Å². The van der Waals surface area contributed by atoms with Gasteiger partial charge in [-0.25, -0.2) is 0 Å². The molecule has 0 spiro atoms. The van der Waals surface area contributed by atoms with Gasteiger partial charge in [0, 0.05) is 0 Å². The Bertz CT molecular complexity index is 290. The summed E-state index contributed by atoms with van der Waals surface area (Å²) in [7, 11) is 1.67. The number of hydrogen-bond donors (Lipinski definition) is 2. The fourth-order valence-corrected chi connectivity index (χ4v) is 1.35. The van der Waals surface area contributed by atoms with Gasteiger partial charge in [0.25, 0.3) is 0 Å². The minimum Gasteiger partial charge on any atom is -0.480 e. The monoisotopic (exact) mass is 229 g/mol. The largest absolute Gasteiger partial charge is 0.480 e. The van der Waals surface area contributed by atoms with Gasteiger partial charge < -0.3 is 10.4 Å². The van der Waals surface area contributed by atoms with Crippen LogP contribution in [0.25, 0.3) is 0 Å². The molecule has 1 atom stereocenters. The molecule has 3 nitrogen and oxygen atoms in total. The molecule has 2 N–H and O–H groups in total. The van der Waals surface area contributed by atoms with E-state index < -0.39 is 12.0 Å². The van der Waals surface area contributed by atoms with Crippen LogP contribution in [0.5, 0.6) is 0 Å². The third-order valence-corrected chi connectivity index (χ3v) is 2.21. The van der Waals surface area contributed by atoms with E-state index in [0.717, 1.165) is 6.42 Å². The highest BCUT2D eigenvalue weighted by Crippen LogP contribution is 2.04. The van der Waals surface area contributed by atoms with E-state index in [9.17, 15) is 4.79 Å². The quantitative estimate of drug-likeness (QED) is 0.808. The number of carboxylic acids is 1. The zero-order chi connectivity index (χ0) is 10.4. The number of nitrogens with one attached hydrogen (secondary N) is 1. The summed E-state index contributed by atoms with van der Waals surface area (Å²) in [5.41, 5.74) is 1.18. The average molecular weight is 230 g/mol. The van der Waals surface area contributed by atoms with Crippen LogP contribution in [0.15, 0.2) is 30.3 Å². The summed E-state index contributed by atoms with van der Waals surface area (Å²) in [5.74, 6) is -0.788. The molecule has 0 unspecified atom stereocenters. The summed E-state index contributed by atoms with van der Waals surface area (Å²) in [6.07, 6.45) is 1.41. The Hall–Kier alpha value is -1.06. The molecule has 0 aliphatic rings. The smallest absolute Gasteiger partial charge is 0.320 e. The molecule has 0 saturated carbocycles. The predicted molar refractivity (Wildman–Crippen MR) is 62.5 cm³/mol. The van der Waals surface area contributed by atoms with Gasteiger partial charge in [-0.3, -0.25) is 4.79 Å². The first-order valence-electron chi connectivity index (χ1n) is 4.68. The first-order chi connectivity index (χ1) is 6.74. The third-order valence-electron chi connectivity index (χ3n) is 2.21. The number of rotatable bonds is 5. The van der Waals surface area contributed by atoms with Gasteiger partial charge in [-0.2, -0.15) is 0 Å². The lowest BCUT2D eigenvalue weighted by atomic mass is 10.1. The van der Waals surface area contributed by atoms with Crippen molar-refractivity contribution in [3.8, 4) is 0 Å². The van der Waals surface area contributed by atoms with E-state index in [1.165, 1.54) is 5.56 Å². The van der Waals surface area contributed by atoms with Gasteiger partial charge in [0.2, 0.25) is 0 Å². The number of aryl methyl sites for hydroxylation is 1. The Labute approximate surface area is 95.9 Å². The molecule has 84 valence electrons. The van der Waals surface area contributed by atoms with Gasteiger partial charge in [0.15, 0.2) is 0 Å². The summed E-state index contributed by atoms with van der Waals surface area (Å²) in [6.45, 7) is 0. The Kier molecular flexibility index (Phi) is 6.75. The topological polar surface area (TPSA) is 49.3 Å². The van der Waals surface area contributed by atoms with Crippen LogP contribution >= 0.6 is 12.4 Å². The fourth-order valence-electron chi connectivity index (χ4n) is 1.35. The highest BCUT2D eigenvalue weighted by Gasteiger charge is 2.13. The van der Waals surface area contributed by atoms with Gasteiger partial charge >= 0.3 is 5.97 Å². The van der Waals surface area contributed by atoms with Crippen molar-refractivity contribution in [2.75, 3.05) is 7.05 Å². The number of hydrogen-bond acceptors (Lipinski definition) is 2. The Balaban J connectivity index is 0.00000196. The predicted octanol–water partition coefficient (Wildman–Crippen LogP) is 1.71. The number of benzene rings is 1. The lowest BCUT2D eigenvalue weighted by Crippen LogP contribution is -2.34. The maximum Gasteiger partial charge on any atom is 0.320 e. The van der Waals surface area contributed by atoms with Crippen LogP contribution in [-0.4, -0.2) is 24.2 Å². The summed E-state index contributed by atoms with van der Waals surface area (Å²) in [4.78, 5) is 10.7. The van der Waals surface area contributed by atoms with Crippen LogP contribution in [0.3, 0.4) is 0 Å². The standard InChI is InChI=1S/C11H15NO2.ClH/c1-12-10(11(13)14)8-7-9-5-3-2-4-6-9;/h2-6,10,12H,7-8H2,1H3,(H,13,14);1H/t10-;/m0./s1. The number of likely N-dealkylation sites (N-methyl/N-ethyl adjacent to an activating group) is 1. The summed E-state index contributed by atoms with van der Waals surface area (Å²) >= 11 is 0. The molecular weight excluding hydrogens is 214 g/mol. The molecule has 0 fully saturated rings. The van der Waals surface area contributed by atoms with Crippen molar-refractivity contribution >= 4 is 18.4 Å². The van der Waals surface area contributed by atoms with Crippen LogP contribution in [0.4, 0.5) is 0 Å². The maximum absolute atomic E-state index is 10.7. The van der Waals surface area contributed by atoms with E-state index in [-0.39, 0.29) is 12.4 Å². The summed E-state index contributed by atoms with van der Waals surface area (Å²) in [6, 6.07) is 9.45. The van der Waals surface area contributed by atoms with Crippen LogP contribution < -0.4 is 5.32 Å². The number of halogens is 1. The van der Waals surface area contributed by atoms with E-state index in [1.54, 1.807) is 7.05 Å². The second-order valence-electron chi connectivity index (χ2n) is 3.20. The van der Waals surface area contributed by atoms with Crippen molar-refractivity contribution in [2.24, 2.45) is 0 Å². The van der Waals surface area contributed by atoms with Crippen molar-refractivity contribution in [1.29, 1.82) is 0 Å². The third kappa shape index (κ3) is 4.81. The Morgan fingerprint density at radius 1 is 1.40 bits per heavy atom. The van der Waals surface area contributed by atoms with Crippen molar-refractivity contribution < 1.29 is 9.90 Å². The highest BCUT2D eigenvalue weighted by molar-refractivity contribution is 5.85. The van der Waals surface area contributed by atoms with Crippen LogP contribution in [0.1, 0.15) is 12.0 Å². The van der Waals surface area contributed by atoms with Crippen molar-refractivity contribution in [3.63, 3.8) is 0 Å². The molecule has 1 rings (SSSR count). The molecule has 1 aromatic rings. The second-order valence-corrected chi connectivity index (χ2v) is 3.20.